The first-order valence-electron chi connectivity index (χ1n) is 6.59. The predicted molar refractivity (Wildman–Crippen MR) is 75.4 cm³/mol. The van der Waals surface area contributed by atoms with Gasteiger partial charge in [0.25, 0.3) is 0 Å². The first-order valence-corrected chi connectivity index (χ1v) is 7.70. The van der Waals surface area contributed by atoms with Crippen LogP contribution in [0.3, 0.4) is 0 Å². The third-order valence-corrected chi connectivity index (χ3v) is 4.09. The summed E-state index contributed by atoms with van der Waals surface area (Å²) in [6, 6.07) is 11.9. The first kappa shape index (κ1) is 14.5. The van der Waals surface area contributed by atoms with Crippen molar-refractivity contribution in [2.45, 2.75) is 58.1 Å². The van der Waals surface area contributed by atoms with Gasteiger partial charge in [0, 0.05) is 0 Å². The molecule has 0 spiro atoms. The summed E-state index contributed by atoms with van der Waals surface area (Å²) in [7, 11) is 0.658. The maximum absolute atomic E-state index is 5.98. The molecule has 0 saturated carbocycles. The number of aryl methyl sites for hydroxylation is 1. The Labute approximate surface area is 109 Å². The highest BCUT2D eigenvalue weighted by molar-refractivity contribution is 6.27. The van der Waals surface area contributed by atoms with Gasteiger partial charge in [-0.2, -0.15) is 0 Å². The minimum atomic E-state index is 0.0159. The molecule has 0 unspecified atom stereocenters. The standard InChI is InChI=1S/C15H24OSi/c1-4-5-13-17-16-15(2,3)12-11-14-9-7-6-8-10-14/h6-10H,4-5,11-13H2,1-3H3. The molecular formula is C15H24OSi. The van der Waals surface area contributed by atoms with E-state index in [1.165, 1.54) is 24.4 Å². The van der Waals surface area contributed by atoms with E-state index in [2.05, 4.69) is 51.1 Å². The molecule has 1 aromatic carbocycles. The Morgan fingerprint density at radius 1 is 1.18 bits per heavy atom. The van der Waals surface area contributed by atoms with E-state index in [4.69, 9.17) is 4.43 Å². The van der Waals surface area contributed by atoms with E-state index in [0.717, 1.165) is 12.8 Å². The van der Waals surface area contributed by atoms with Gasteiger partial charge >= 0.3 is 0 Å². The fraction of sp³-hybridized carbons (Fsp3) is 0.600. The molecule has 2 heteroatoms. The Balaban J connectivity index is 2.24. The van der Waals surface area contributed by atoms with Crippen molar-refractivity contribution < 1.29 is 4.43 Å². The molecule has 0 N–H and O–H groups in total. The average Bonchev–Trinajstić information content (AvgIpc) is 2.34. The fourth-order valence-corrected chi connectivity index (χ4v) is 2.73. The topological polar surface area (TPSA) is 9.23 Å². The summed E-state index contributed by atoms with van der Waals surface area (Å²) in [5.41, 5.74) is 1.42. The predicted octanol–water partition coefficient (Wildman–Crippen LogP) is 4.25. The van der Waals surface area contributed by atoms with E-state index < -0.39 is 0 Å². The van der Waals surface area contributed by atoms with Gasteiger partial charge in [-0.05, 0) is 38.3 Å². The summed E-state index contributed by atoms with van der Waals surface area (Å²) in [6.45, 7) is 6.63. The fourth-order valence-electron chi connectivity index (χ4n) is 1.64. The maximum Gasteiger partial charge on any atom is 0.230 e. The number of rotatable bonds is 8. The lowest BCUT2D eigenvalue weighted by molar-refractivity contribution is 0.105. The van der Waals surface area contributed by atoms with Crippen molar-refractivity contribution in [2.24, 2.45) is 0 Å². The quantitative estimate of drug-likeness (QED) is 0.493. The minimum absolute atomic E-state index is 0.0159. The Morgan fingerprint density at radius 3 is 2.53 bits per heavy atom. The van der Waals surface area contributed by atoms with Crippen molar-refractivity contribution in [2.75, 3.05) is 0 Å². The monoisotopic (exact) mass is 248 g/mol. The SMILES string of the molecule is CCCC[Si]OC(C)(C)CCc1ccccc1. The summed E-state index contributed by atoms with van der Waals surface area (Å²) in [4.78, 5) is 0. The van der Waals surface area contributed by atoms with Gasteiger partial charge in [0.2, 0.25) is 9.76 Å². The lowest BCUT2D eigenvalue weighted by atomic mass is 9.99. The van der Waals surface area contributed by atoms with E-state index in [0.29, 0.717) is 9.76 Å². The molecule has 0 bridgehead atoms. The molecule has 94 valence electrons. The highest BCUT2D eigenvalue weighted by atomic mass is 28.2. The van der Waals surface area contributed by atoms with E-state index in [1.807, 2.05) is 0 Å². The molecule has 1 nitrogen and oxygen atoms in total. The zero-order valence-corrected chi connectivity index (χ0v) is 12.3. The summed E-state index contributed by atoms with van der Waals surface area (Å²) in [5.74, 6) is 0. The lowest BCUT2D eigenvalue weighted by Gasteiger charge is -2.25. The molecule has 0 aliphatic heterocycles. The summed E-state index contributed by atoms with van der Waals surface area (Å²) in [5, 5.41) is 0. The Morgan fingerprint density at radius 2 is 1.88 bits per heavy atom. The number of hydrogen-bond acceptors (Lipinski definition) is 1. The third-order valence-electron chi connectivity index (χ3n) is 2.84. The molecular weight excluding hydrogens is 224 g/mol. The molecule has 0 fully saturated rings. The number of hydrogen-bond donors (Lipinski definition) is 0. The largest absolute Gasteiger partial charge is 0.413 e. The maximum atomic E-state index is 5.98. The van der Waals surface area contributed by atoms with Crippen molar-refractivity contribution in [1.82, 2.24) is 0 Å². The van der Waals surface area contributed by atoms with Crippen molar-refractivity contribution >= 4 is 9.76 Å². The highest BCUT2D eigenvalue weighted by Crippen LogP contribution is 2.18. The summed E-state index contributed by atoms with van der Waals surface area (Å²) in [6.07, 6.45) is 4.75. The van der Waals surface area contributed by atoms with Crippen molar-refractivity contribution in [3.63, 3.8) is 0 Å². The van der Waals surface area contributed by atoms with E-state index in [9.17, 15) is 0 Å². The van der Waals surface area contributed by atoms with Gasteiger partial charge in [-0.3, -0.25) is 0 Å². The van der Waals surface area contributed by atoms with Crippen LogP contribution in [0.2, 0.25) is 6.04 Å². The molecule has 0 aromatic heterocycles. The van der Waals surface area contributed by atoms with Gasteiger partial charge in [0.05, 0.1) is 5.60 Å². The average molecular weight is 248 g/mol. The van der Waals surface area contributed by atoms with Crippen LogP contribution in [0.4, 0.5) is 0 Å². The molecule has 17 heavy (non-hydrogen) atoms. The van der Waals surface area contributed by atoms with Gasteiger partial charge in [-0.15, -0.1) is 0 Å². The third kappa shape index (κ3) is 6.64. The van der Waals surface area contributed by atoms with Crippen molar-refractivity contribution in [3.8, 4) is 0 Å². The summed E-state index contributed by atoms with van der Waals surface area (Å²) >= 11 is 0. The van der Waals surface area contributed by atoms with Crippen LogP contribution in [0.15, 0.2) is 30.3 Å². The number of benzene rings is 1. The van der Waals surface area contributed by atoms with E-state index in [1.54, 1.807) is 0 Å². The number of unbranched alkanes of at least 4 members (excludes halogenated alkanes) is 1. The van der Waals surface area contributed by atoms with Crippen LogP contribution in [0.5, 0.6) is 0 Å². The molecule has 1 aromatic rings. The first-order chi connectivity index (χ1) is 8.14. The lowest BCUT2D eigenvalue weighted by Crippen LogP contribution is -2.27. The molecule has 1 rings (SSSR count). The van der Waals surface area contributed by atoms with Crippen LogP contribution in [0.1, 0.15) is 45.6 Å². The van der Waals surface area contributed by atoms with Gasteiger partial charge in [0.1, 0.15) is 0 Å². The van der Waals surface area contributed by atoms with E-state index >= 15 is 0 Å². The van der Waals surface area contributed by atoms with Crippen LogP contribution < -0.4 is 0 Å². The van der Waals surface area contributed by atoms with E-state index in [-0.39, 0.29) is 5.60 Å². The molecule has 0 aliphatic rings. The molecule has 2 radical (unpaired) electrons. The van der Waals surface area contributed by atoms with Gasteiger partial charge < -0.3 is 4.43 Å². The van der Waals surface area contributed by atoms with Crippen LogP contribution in [0, 0.1) is 0 Å². The minimum Gasteiger partial charge on any atom is -0.413 e. The van der Waals surface area contributed by atoms with Gasteiger partial charge in [-0.1, -0.05) is 50.1 Å². The Kier molecular flexibility index (Phi) is 6.52. The second-order valence-corrected chi connectivity index (χ2v) is 6.09. The molecule has 0 heterocycles. The Hall–Kier alpha value is -0.603. The van der Waals surface area contributed by atoms with Crippen molar-refractivity contribution in [3.05, 3.63) is 35.9 Å². The van der Waals surface area contributed by atoms with Crippen molar-refractivity contribution in [1.29, 1.82) is 0 Å². The normalized spacial score (nSPS) is 11.7. The molecule has 0 aliphatic carbocycles. The van der Waals surface area contributed by atoms with Crippen LogP contribution in [-0.2, 0) is 10.8 Å². The zero-order chi connectivity index (χ0) is 12.6. The van der Waals surface area contributed by atoms with Gasteiger partial charge in [-0.25, -0.2) is 0 Å². The molecule has 0 atom stereocenters. The van der Waals surface area contributed by atoms with Gasteiger partial charge in [0.15, 0.2) is 0 Å². The van der Waals surface area contributed by atoms with Crippen LogP contribution >= 0.6 is 0 Å². The Bertz CT molecular complexity index is 295. The van der Waals surface area contributed by atoms with Crippen LogP contribution in [0.25, 0.3) is 0 Å². The van der Waals surface area contributed by atoms with Crippen LogP contribution in [-0.4, -0.2) is 15.4 Å². The second kappa shape index (κ2) is 7.67. The zero-order valence-electron chi connectivity index (χ0n) is 11.3. The molecule has 0 amide bonds. The smallest absolute Gasteiger partial charge is 0.230 e. The summed E-state index contributed by atoms with van der Waals surface area (Å²) < 4.78 is 5.98. The second-order valence-electron chi connectivity index (χ2n) is 5.10. The highest BCUT2D eigenvalue weighted by Gasteiger charge is 2.17. The molecule has 0 saturated heterocycles.